The summed E-state index contributed by atoms with van der Waals surface area (Å²) in [7, 11) is 0. The van der Waals surface area contributed by atoms with Crippen molar-refractivity contribution < 1.29 is 19.1 Å². The minimum absolute atomic E-state index is 0.110. The van der Waals surface area contributed by atoms with Gasteiger partial charge in [0, 0.05) is 13.1 Å². The first-order valence-electron chi connectivity index (χ1n) is 6.65. The number of rotatable bonds is 4. The molecule has 0 radical (unpaired) electrons. The molecule has 0 aliphatic carbocycles. The van der Waals surface area contributed by atoms with E-state index in [0.717, 1.165) is 11.3 Å². The second-order valence-electron chi connectivity index (χ2n) is 4.80. The number of carbonyl (C=O) groups excluding carboxylic acids is 2. The first kappa shape index (κ1) is 12.9. The monoisotopic (exact) mass is 276 g/mol. The highest BCUT2D eigenvalue weighted by Crippen LogP contribution is 2.32. The van der Waals surface area contributed by atoms with Crippen LogP contribution in [-0.2, 0) is 16.1 Å². The fraction of sp³-hybridized carbons (Fsp3) is 0.429. The van der Waals surface area contributed by atoms with Crippen molar-refractivity contribution in [3.63, 3.8) is 0 Å². The number of benzene rings is 1. The van der Waals surface area contributed by atoms with Gasteiger partial charge in [-0.2, -0.15) is 0 Å². The molecule has 0 unspecified atom stereocenters. The van der Waals surface area contributed by atoms with Crippen LogP contribution in [0.2, 0.25) is 0 Å². The van der Waals surface area contributed by atoms with Gasteiger partial charge < -0.3 is 14.8 Å². The smallest absolute Gasteiger partial charge is 0.246 e. The predicted octanol–water partition coefficient (Wildman–Crippen LogP) is 0.652. The summed E-state index contributed by atoms with van der Waals surface area (Å²) in [6, 6.07) is 5.22. The van der Waals surface area contributed by atoms with Crippen molar-refractivity contribution in [2.24, 2.45) is 0 Å². The van der Waals surface area contributed by atoms with Crippen LogP contribution in [0.4, 0.5) is 0 Å². The summed E-state index contributed by atoms with van der Waals surface area (Å²) in [6.45, 7) is 2.99. The van der Waals surface area contributed by atoms with Crippen molar-refractivity contribution in [2.75, 3.05) is 13.3 Å². The topological polar surface area (TPSA) is 67.9 Å². The van der Waals surface area contributed by atoms with E-state index in [1.54, 1.807) is 6.92 Å². The van der Waals surface area contributed by atoms with Gasteiger partial charge in [0.05, 0.1) is 12.5 Å². The number of hydrogen-bond acceptors (Lipinski definition) is 5. The Balaban J connectivity index is 1.63. The van der Waals surface area contributed by atoms with Crippen LogP contribution in [0, 0.1) is 0 Å². The van der Waals surface area contributed by atoms with E-state index in [1.807, 2.05) is 18.2 Å². The third kappa shape index (κ3) is 2.22. The number of fused-ring (bicyclic) bond motifs is 1. The fourth-order valence-corrected chi connectivity index (χ4v) is 2.47. The molecule has 1 aromatic carbocycles. The summed E-state index contributed by atoms with van der Waals surface area (Å²) in [5.41, 5.74) is 0.990. The maximum atomic E-state index is 12.0. The molecule has 2 heterocycles. The Morgan fingerprint density at radius 2 is 2.10 bits per heavy atom. The zero-order valence-corrected chi connectivity index (χ0v) is 11.2. The number of carbonyl (C=O) groups is 2. The predicted molar refractivity (Wildman–Crippen MR) is 70.2 cm³/mol. The number of likely N-dealkylation sites (N-methyl/N-ethyl adjacent to an activating group) is 1. The zero-order chi connectivity index (χ0) is 14.1. The summed E-state index contributed by atoms with van der Waals surface area (Å²) in [6.07, 6.45) is 0.233. The number of nitrogens with zero attached hydrogens (tertiary/aromatic N) is 1. The lowest BCUT2D eigenvalue weighted by atomic mass is 10.1. The van der Waals surface area contributed by atoms with E-state index in [0.29, 0.717) is 18.8 Å². The zero-order valence-electron chi connectivity index (χ0n) is 11.2. The van der Waals surface area contributed by atoms with Gasteiger partial charge in [-0.3, -0.25) is 14.5 Å². The van der Waals surface area contributed by atoms with Crippen molar-refractivity contribution in [1.29, 1.82) is 0 Å². The molecule has 0 aromatic heterocycles. The maximum absolute atomic E-state index is 12.0. The lowest BCUT2D eigenvalue weighted by Crippen LogP contribution is -2.38. The van der Waals surface area contributed by atoms with Gasteiger partial charge >= 0.3 is 0 Å². The molecule has 0 bridgehead atoms. The largest absolute Gasteiger partial charge is 0.454 e. The lowest BCUT2D eigenvalue weighted by Gasteiger charge is -2.13. The van der Waals surface area contributed by atoms with E-state index in [9.17, 15) is 9.59 Å². The number of amides is 2. The molecule has 1 aromatic rings. The number of imide groups is 1. The van der Waals surface area contributed by atoms with E-state index in [4.69, 9.17) is 9.47 Å². The maximum Gasteiger partial charge on any atom is 0.246 e. The molecule has 6 heteroatoms. The van der Waals surface area contributed by atoms with E-state index < -0.39 is 6.04 Å². The molecular weight excluding hydrogens is 260 g/mol. The standard InChI is InChI=1S/C14H16N2O4/c1-2-16-13(17)6-10(14(16)18)15-7-9-3-4-11-12(5-9)20-8-19-11/h3-5,10,15H,2,6-8H2,1H3/t10-/m1/s1. The van der Waals surface area contributed by atoms with Gasteiger partial charge in [-0.15, -0.1) is 0 Å². The van der Waals surface area contributed by atoms with Gasteiger partial charge in [0.15, 0.2) is 11.5 Å². The molecule has 2 amide bonds. The van der Waals surface area contributed by atoms with Crippen molar-refractivity contribution in [2.45, 2.75) is 25.9 Å². The van der Waals surface area contributed by atoms with Gasteiger partial charge in [-0.05, 0) is 24.6 Å². The lowest BCUT2D eigenvalue weighted by molar-refractivity contribution is -0.138. The van der Waals surface area contributed by atoms with Crippen molar-refractivity contribution in [3.05, 3.63) is 23.8 Å². The first-order valence-corrected chi connectivity index (χ1v) is 6.65. The number of nitrogens with one attached hydrogen (secondary N) is 1. The summed E-state index contributed by atoms with van der Waals surface area (Å²) in [5.74, 6) is 1.20. The quantitative estimate of drug-likeness (QED) is 0.818. The number of ether oxygens (including phenoxy) is 2. The van der Waals surface area contributed by atoms with Crippen LogP contribution in [0.5, 0.6) is 11.5 Å². The average Bonchev–Trinajstić information content (AvgIpc) is 3.00. The van der Waals surface area contributed by atoms with Gasteiger partial charge in [0.2, 0.25) is 18.6 Å². The Bertz CT molecular complexity index is 558. The average molecular weight is 276 g/mol. The van der Waals surface area contributed by atoms with E-state index in [1.165, 1.54) is 4.90 Å². The molecule has 106 valence electrons. The molecule has 6 nitrogen and oxygen atoms in total. The molecule has 20 heavy (non-hydrogen) atoms. The third-order valence-corrected chi connectivity index (χ3v) is 3.55. The first-order chi connectivity index (χ1) is 9.69. The summed E-state index contributed by atoms with van der Waals surface area (Å²) < 4.78 is 10.5. The van der Waals surface area contributed by atoms with Gasteiger partial charge in [-0.1, -0.05) is 6.07 Å². The summed E-state index contributed by atoms with van der Waals surface area (Å²) in [4.78, 5) is 24.9. The Morgan fingerprint density at radius 3 is 2.85 bits per heavy atom. The van der Waals surface area contributed by atoms with Crippen LogP contribution in [0.1, 0.15) is 18.9 Å². The molecule has 2 aliphatic heterocycles. The second-order valence-corrected chi connectivity index (χ2v) is 4.80. The van der Waals surface area contributed by atoms with E-state index >= 15 is 0 Å². The van der Waals surface area contributed by atoms with Gasteiger partial charge in [0.1, 0.15) is 0 Å². The minimum Gasteiger partial charge on any atom is -0.454 e. The van der Waals surface area contributed by atoms with Crippen LogP contribution in [0.3, 0.4) is 0 Å². The van der Waals surface area contributed by atoms with E-state index in [-0.39, 0.29) is 25.0 Å². The Hall–Kier alpha value is -2.08. The number of likely N-dealkylation sites (tertiary alicyclic amines) is 1. The Labute approximate surface area is 116 Å². The molecule has 0 saturated carbocycles. The molecular formula is C14H16N2O4. The summed E-state index contributed by atoms with van der Waals surface area (Å²) >= 11 is 0. The second kappa shape index (κ2) is 5.13. The van der Waals surface area contributed by atoms with Crippen LogP contribution in [0.15, 0.2) is 18.2 Å². The van der Waals surface area contributed by atoms with Gasteiger partial charge in [-0.25, -0.2) is 0 Å². The highest BCUT2D eigenvalue weighted by Gasteiger charge is 2.36. The molecule has 0 spiro atoms. The molecule has 2 aliphatic rings. The molecule has 3 rings (SSSR count). The third-order valence-electron chi connectivity index (χ3n) is 3.55. The highest BCUT2D eigenvalue weighted by atomic mass is 16.7. The van der Waals surface area contributed by atoms with Gasteiger partial charge in [0.25, 0.3) is 0 Å². The normalized spacial score (nSPS) is 20.9. The van der Waals surface area contributed by atoms with Crippen LogP contribution < -0.4 is 14.8 Å². The van der Waals surface area contributed by atoms with Crippen molar-refractivity contribution in [3.8, 4) is 11.5 Å². The van der Waals surface area contributed by atoms with Crippen LogP contribution >= 0.6 is 0 Å². The van der Waals surface area contributed by atoms with Crippen molar-refractivity contribution in [1.82, 2.24) is 10.2 Å². The molecule has 1 N–H and O–H groups in total. The Morgan fingerprint density at radius 1 is 1.30 bits per heavy atom. The SMILES string of the molecule is CCN1C(=O)C[C@@H](NCc2ccc3c(c2)OCO3)C1=O. The summed E-state index contributed by atoms with van der Waals surface area (Å²) in [5, 5.41) is 3.13. The minimum atomic E-state index is -0.423. The fourth-order valence-electron chi connectivity index (χ4n) is 2.47. The van der Waals surface area contributed by atoms with Crippen molar-refractivity contribution >= 4 is 11.8 Å². The van der Waals surface area contributed by atoms with E-state index in [2.05, 4.69) is 5.32 Å². The number of hydrogen-bond donors (Lipinski definition) is 1. The molecule has 1 fully saturated rings. The van der Waals surface area contributed by atoms with Crippen LogP contribution in [0.25, 0.3) is 0 Å². The molecule has 1 saturated heterocycles. The molecule has 1 atom stereocenters. The Kier molecular flexibility index (Phi) is 3.31. The van der Waals surface area contributed by atoms with Crippen LogP contribution in [-0.4, -0.2) is 36.1 Å². The highest BCUT2D eigenvalue weighted by molar-refractivity contribution is 6.05.